The largest absolute Gasteiger partial charge is 0.464 e. The van der Waals surface area contributed by atoms with E-state index < -0.39 is 5.97 Å². The van der Waals surface area contributed by atoms with E-state index in [1.807, 2.05) is 18.2 Å². The summed E-state index contributed by atoms with van der Waals surface area (Å²) in [6.07, 6.45) is 3.89. The monoisotopic (exact) mass is 375 g/mol. The number of aromatic nitrogens is 3. The fraction of sp³-hybridized carbons (Fsp3) is 0.136. The number of rotatable bonds is 4. The number of esters is 1. The zero-order chi connectivity index (χ0) is 19.7. The lowest BCUT2D eigenvalue weighted by Crippen LogP contribution is -2.06. The van der Waals surface area contributed by atoms with Crippen molar-refractivity contribution in [1.82, 2.24) is 15.0 Å². The molecule has 3 aromatic heterocycles. The number of aromatic amines is 1. The van der Waals surface area contributed by atoms with Crippen molar-refractivity contribution in [3.8, 4) is 11.3 Å². The average Bonchev–Trinajstić information content (AvgIpc) is 3.06. The number of halogens is 1. The molecule has 0 aliphatic rings. The fourth-order valence-corrected chi connectivity index (χ4v) is 3.30. The Morgan fingerprint density at radius 1 is 1.21 bits per heavy atom. The van der Waals surface area contributed by atoms with Crippen molar-refractivity contribution in [1.29, 1.82) is 0 Å². The van der Waals surface area contributed by atoms with Crippen molar-refractivity contribution >= 4 is 16.9 Å². The Morgan fingerprint density at radius 3 is 2.82 bits per heavy atom. The molecule has 0 saturated heterocycles. The summed E-state index contributed by atoms with van der Waals surface area (Å²) in [5.41, 5.74) is 5.01. The molecule has 0 aliphatic carbocycles. The minimum Gasteiger partial charge on any atom is -0.464 e. The second kappa shape index (κ2) is 7.23. The predicted octanol–water partition coefficient (Wildman–Crippen LogP) is 4.45. The van der Waals surface area contributed by atoms with Crippen LogP contribution in [0.2, 0.25) is 0 Å². The molecule has 4 rings (SSSR count). The summed E-state index contributed by atoms with van der Waals surface area (Å²) < 4.78 is 19.0. The summed E-state index contributed by atoms with van der Waals surface area (Å²) in [4.78, 5) is 23.8. The zero-order valence-electron chi connectivity index (χ0n) is 15.5. The SMILES string of the molecule is COC(=O)c1cccc(Cc2c(-c3cccnc3)[nH]c3cc(C)c(F)cc23)n1. The topological polar surface area (TPSA) is 67.9 Å². The average molecular weight is 375 g/mol. The van der Waals surface area contributed by atoms with Crippen LogP contribution in [-0.4, -0.2) is 28.0 Å². The van der Waals surface area contributed by atoms with Crippen LogP contribution in [0.15, 0.2) is 54.9 Å². The Kier molecular flexibility index (Phi) is 4.61. The number of hydrogen-bond acceptors (Lipinski definition) is 4. The van der Waals surface area contributed by atoms with Gasteiger partial charge in [-0.3, -0.25) is 4.98 Å². The van der Waals surface area contributed by atoms with Crippen LogP contribution in [0.3, 0.4) is 0 Å². The van der Waals surface area contributed by atoms with Crippen LogP contribution in [0.25, 0.3) is 22.2 Å². The summed E-state index contributed by atoms with van der Waals surface area (Å²) in [7, 11) is 1.32. The number of carbonyl (C=O) groups is 1. The molecule has 3 heterocycles. The molecule has 0 spiro atoms. The van der Waals surface area contributed by atoms with Crippen molar-refractivity contribution < 1.29 is 13.9 Å². The van der Waals surface area contributed by atoms with Crippen molar-refractivity contribution in [2.24, 2.45) is 0 Å². The third-order valence-electron chi connectivity index (χ3n) is 4.69. The predicted molar refractivity (Wildman–Crippen MR) is 105 cm³/mol. The molecule has 28 heavy (non-hydrogen) atoms. The lowest BCUT2D eigenvalue weighted by molar-refractivity contribution is 0.0593. The standard InChI is InChI=1S/C22H18FN3O2/c1-13-9-20-16(11-18(13)23)17(21(26-20)14-5-4-8-24-12-14)10-15-6-3-7-19(25-15)22(27)28-2/h3-9,11-12,26H,10H2,1-2H3. The number of H-pyrrole nitrogens is 1. The summed E-state index contributed by atoms with van der Waals surface area (Å²) in [5, 5.41) is 0.784. The summed E-state index contributed by atoms with van der Waals surface area (Å²) in [6, 6.07) is 12.3. The van der Waals surface area contributed by atoms with E-state index in [0.717, 1.165) is 27.7 Å². The van der Waals surface area contributed by atoms with Crippen LogP contribution in [0.5, 0.6) is 0 Å². The second-order valence-corrected chi connectivity index (χ2v) is 6.55. The Labute approximate surface area is 161 Å². The number of pyridine rings is 2. The van der Waals surface area contributed by atoms with E-state index in [1.165, 1.54) is 7.11 Å². The number of hydrogen-bond donors (Lipinski definition) is 1. The number of carbonyl (C=O) groups excluding carboxylic acids is 1. The van der Waals surface area contributed by atoms with Gasteiger partial charge in [-0.1, -0.05) is 6.07 Å². The molecule has 0 amide bonds. The summed E-state index contributed by atoms with van der Waals surface area (Å²) >= 11 is 0. The molecular weight excluding hydrogens is 357 g/mol. The molecule has 0 aliphatic heterocycles. The fourth-order valence-electron chi connectivity index (χ4n) is 3.30. The number of methoxy groups -OCH3 is 1. The Balaban J connectivity index is 1.87. The molecule has 0 bridgehead atoms. The summed E-state index contributed by atoms with van der Waals surface area (Å²) in [5.74, 6) is -0.753. The lowest BCUT2D eigenvalue weighted by atomic mass is 10.0. The summed E-state index contributed by atoms with van der Waals surface area (Å²) in [6.45, 7) is 1.74. The van der Waals surface area contributed by atoms with Gasteiger partial charge in [0.25, 0.3) is 0 Å². The molecule has 6 heteroatoms. The molecule has 140 valence electrons. The van der Waals surface area contributed by atoms with E-state index in [1.54, 1.807) is 43.6 Å². The first kappa shape index (κ1) is 17.9. The highest BCUT2D eigenvalue weighted by atomic mass is 19.1. The third kappa shape index (κ3) is 3.24. The minimum atomic E-state index is -0.491. The van der Waals surface area contributed by atoms with Crippen LogP contribution in [0.4, 0.5) is 4.39 Å². The van der Waals surface area contributed by atoms with Gasteiger partial charge in [0.2, 0.25) is 0 Å². The number of nitrogens with one attached hydrogen (secondary N) is 1. The molecule has 0 atom stereocenters. The molecule has 1 N–H and O–H groups in total. The van der Waals surface area contributed by atoms with E-state index in [2.05, 4.69) is 15.0 Å². The highest BCUT2D eigenvalue weighted by Gasteiger charge is 2.17. The first-order valence-corrected chi connectivity index (χ1v) is 8.82. The molecule has 1 aromatic carbocycles. The van der Waals surface area contributed by atoms with E-state index in [9.17, 15) is 9.18 Å². The molecular formula is C22H18FN3O2. The number of aryl methyl sites for hydroxylation is 1. The highest BCUT2D eigenvalue weighted by Crippen LogP contribution is 2.33. The molecule has 4 aromatic rings. The Bertz CT molecular complexity index is 1170. The van der Waals surface area contributed by atoms with Crippen molar-refractivity contribution in [2.75, 3.05) is 7.11 Å². The van der Waals surface area contributed by atoms with Crippen molar-refractivity contribution in [3.05, 3.63) is 83.2 Å². The van der Waals surface area contributed by atoms with Gasteiger partial charge in [-0.2, -0.15) is 0 Å². The van der Waals surface area contributed by atoms with Gasteiger partial charge >= 0.3 is 5.97 Å². The quantitative estimate of drug-likeness (QED) is 0.535. The number of fused-ring (bicyclic) bond motifs is 1. The first-order chi connectivity index (χ1) is 13.6. The maximum atomic E-state index is 14.3. The second-order valence-electron chi connectivity index (χ2n) is 6.55. The van der Waals surface area contributed by atoms with Crippen molar-refractivity contribution in [2.45, 2.75) is 13.3 Å². The van der Waals surface area contributed by atoms with Gasteiger partial charge in [-0.15, -0.1) is 0 Å². The van der Waals surface area contributed by atoms with Gasteiger partial charge in [-0.05, 0) is 54.4 Å². The van der Waals surface area contributed by atoms with Gasteiger partial charge in [0.1, 0.15) is 11.5 Å². The zero-order valence-corrected chi connectivity index (χ0v) is 15.5. The van der Waals surface area contributed by atoms with Gasteiger partial charge in [0.15, 0.2) is 0 Å². The first-order valence-electron chi connectivity index (χ1n) is 8.82. The minimum absolute atomic E-state index is 0.241. The van der Waals surface area contributed by atoms with Gasteiger partial charge in [0, 0.05) is 41.0 Å². The molecule has 5 nitrogen and oxygen atoms in total. The number of ether oxygens (including phenoxy) is 1. The van der Waals surface area contributed by atoms with Crippen LogP contribution in [0, 0.1) is 12.7 Å². The highest BCUT2D eigenvalue weighted by molar-refractivity contribution is 5.91. The third-order valence-corrected chi connectivity index (χ3v) is 4.69. The van der Waals surface area contributed by atoms with E-state index in [4.69, 9.17) is 4.74 Å². The van der Waals surface area contributed by atoms with Crippen LogP contribution < -0.4 is 0 Å². The number of nitrogens with zero attached hydrogens (tertiary/aromatic N) is 2. The van der Waals surface area contributed by atoms with Crippen molar-refractivity contribution in [3.63, 3.8) is 0 Å². The van der Waals surface area contributed by atoms with Gasteiger partial charge in [0.05, 0.1) is 12.8 Å². The maximum absolute atomic E-state index is 14.3. The van der Waals surface area contributed by atoms with Gasteiger partial charge in [-0.25, -0.2) is 14.2 Å². The van der Waals surface area contributed by atoms with Gasteiger partial charge < -0.3 is 9.72 Å². The van der Waals surface area contributed by atoms with E-state index in [-0.39, 0.29) is 11.5 Å². The molecule has 0 radical (unpaired) electrons. The molecule has 0 fully saturated rings. The normalized spacial score (nSPS) is 11.0. The van der Waals surface area contributed by atoms with E-state index in [0.29, 0.717) is 17.7 Å². The maximum Gasteiger partial charge on any atom is 0.356 e. The van der Waals surface area contributed by atoms with E-state index >= 15 is 0 Å². The number of benzene rings is 1. The van der Waals surface area contributed by atoms with Crippen LogP contribution >= 0.6 is 0 Å². The van der Waals surface area contributed by atoms with Crippen LogP contribution in [-0.2, 0) is 11.2 Å². The Morgan fingerprint density at radius 2 is 2.07 bits per heavy atom. The lowest BCUT2D eigenvalue weighted by Gasteiger charge is -2.07. The molecule has 0 unspecified atom stereocenters. The van der Waals surface area contributed by atoms with Crippen LogP contribution in [0.1, 0.15) is 27.3 Å². The Hall–Kier alpha value is -3.54. The molecule has 0 saturated carbocycles. The smallest absolute Gasteiger partial charge is 0.356 e.